The maximum atomic E-state index is 11.9. The molecule has 1 aliphatic carbocycles. The second-order valence-electron chi connectivity index (χ2n) is 4.65. The average Bonchev–Trinajstić information content (AvgIpc) is 2.69. The molecule has 1 fully saturated rings. The molecule has 3 heteroatoms. The van der Waals surface area contributed by atoms with Crippen LogP contribution in [0.25, 0.3) is 0 Å². The summed E-state index contributed by atoms with van der Waals surface area (Å²) >= 11 is 0. The fourth-order valence-electron chi connectivity index (χ4n) is 2.25. The van der Waals surface area contributed by atoms with Crippen molar-refractivity contribution in [2.45, 2.75) is 31.7 Å². The predicted octanol–water partition coefficient (Wildman–Crippen LogP) is 1.94. The van der Waals surface area contributed by atoms with Gasteiger partial charge in [0.05, 0.1) is 0 Å². The summed E-state index contributed by atoms with van der Waals surface area (Å²) in [5.41, 5.74) is 3.22. The highest BCUT2D eigenvalue weighted by Gasteiger charge is 2.20. The number of carbonyl (C=O) groups is 1. The molecule has 0 saturated heterocycles. The zero-order valence-electron chi connectivity index (χ0n) is 9.25. The Bertz CT molecular complexity index is 424. The third kappa shape index (κ3) is 1.66. The topological polar surface area (TPSA) is 41.1 Å². The van der Waals surface area contributed by atoms with Crippen molar-refractivity contribution in [1.29, 1.82) is 0 Å². The van der Waals surface area contributed by atoms with E-state index in [4.69, 9.17) is 0 Å². The Morgan fingerprint density at radius 2 is 2.25 bits per heavy atom. The van der Waals surface area contributed by atoms with Gasteiger partial charge in [0.25, 0.3) is 5.91 Å². The van der Waals surface area contributed by atoms with E-state index in [2.05, 4.69) is 16.7 Å². The van der Waals surface area contributed by atoms with E-state index in [1.807, 2.05) is 12.1 Å². The van der Waals surface area contributed by atoms with Crippen LogP contribution in [0.3, 0.4) is 0 Å². The molecule has 1 aromatic rings. The van der Waals surface area contributed by atoms with Crippen LogP contribution in [0.1, 0.15) is 35.2 Å². The summed E-state index contributed by atoms with van der Waals surface area (Å²) in [6.45, 7) is 0.989. The number of carbonyl (C=O) groups excluding carboxylic acids is 1. The molecular weight excluding hydrogens is 200 g/mol. The van der Waals surface area contributed by atoms with Gasteiger partial charge in [-0.15, -0.1) is 0 Å². The summed E-state index contributed by atoms with van der Waals surface area (Å²) in [7, 11) is 0. The number of hydrogen-bond acceptors (Lipinski definition) is 2. The summed E-state index contributed by atoms with van der Waals surface area (Å²) in [5.74, 6) is 0.0706. The third-order valence-electron chi connectivity index (χ3n) is 3.52. The number of nitrogens with one attached hydrogen (secondary N) is 2. The van der Waals surface area contributed by atoms with Crippen molar-refractivity contribution in [3.63, 3.8) is 0 Å². The first kappa shape index (κ1) is 9.70. The van der Waals surface area contributed by atoms with Gasteiger partial charge in [0.2, 0.25) is 0 Å². The van der Waals surface area contributed by atoms with Gasteiger partial charge in [-0.2, -0.15) is 0 Å². The largest absolute Gasteiger partial charge is 0.384 e. The lowest BCUT2D eigenvalue weighted by Gasteiger charge is -2.26. The van der Waals surface area contributed by atoms with Gasteiger partial charge in [-0.25, -0.2) is 0 Å². The lowest BCUT2D eigenvalue weighted by Crippen LogP contribution is -2.39. The van der Waals surface area contributed by atoms with Crippen molar-refractivity contribution in [2.24, 2.45) is 0 Å². The van der Waals surface area contributed by atoms with Crippen LogP contribution >= 0.6 is 0 Å². The molecule has 1 heterocycles. The Hall–Kier alpha value is -1.51. The van der Waals surface area contributed by atoms with Crippen LogP contribution in [-0.4, -0.2) is 18.5 Å². The summed E-state index contributed by atoms with van der Waals surface area (Å²) in [4.78, 5) is 11.9. The van der Waals surface area contributed by atoms with Gasteiger partial charge in [-0.05, 0) is 43.4 Å². The molecule has 16 heavy (non-hydrogen) atoms. The SMILES string of the molecule is O=C(NC1CCC1)c1ccc2c(c1)NCC2. The Kier molecular flexibility index (Phi) is 2.31. The molecule has 0 atom stereocenters. The molecule has 1 amide bonds. The smallest absolute Gasteiger partial charge is 0.251 e. The first-order chi connectivity index (χ1) is 7.83. The number of rotatable bonds is 2. The van der Waals surface area contributed by atoms with Crippen LogP contribution in [-0.2, 0) is 6.42 Å². The maximum absolute atomic E-state index is 11.9. The summed E-state index contributed by atoms with van der Waals surface area (Å²) < 4.78 is 0. The molecule has 1 aliphatic heterocycles. The van der Waals surface area contributed by atoms with E-state index in [1.54, 1.807) is 0 Å². The Labute approximate surface area is 95.2 Å². The third-order valence-corrected chi connectivity index (χ3v) is 3.52. The Morgan fingerprint density at radius 3 is 3.00 bits per heavy atom. The second kappa shape index (κ2) is 3.81. The molecule has 1 aromatic carbocycles. The normalized spacial score (nSPS) is 18.5. The van der Waals surface area contributed by atoms with Gasteiger partial charge in [0.1, 0.15) is 0 Å². The highest BCUT2D eigenvalue weighted by molar-refractivity contribution is 5.95. The van der Waals surface area contributed by atoms with Crippen LogP contribution in [0.15, 0.2) is 18.2 Å². The molecule has 84 valence electrons. The summed E-state index contributed by atoms with van der Waals surface area (Å²) in [5, 5.41) is 6.35. The second-order valence-corrected chi connectivity index (χ2v) is 4.65. The number of anilines is 1. The molecule has 0 aromatic heterocycles. The minimum atomic E-state index is 0.0706. The quantitative estimate of drug-likeness (QED) is 0.793. The van der Waals surface area contributed by atoms with E-state index in [0.717, 1.165) is 37.1 Å². The van der Waals surface area contributed by atoms with Crippen LogP contribution in [0.5, 0.6) is 0 Å². The fourth-order valence-corrected chi connectivity index (χ4v) is 2.25. The molecule has 3 nitrogen and oxygen atoms in total. The molecule has 1 saturated carbocycles. The van der Waals surface area contributed by atoms with Crippen LogP contribution in [0.2, 0.25) is 0 Å². The van der Waals surface area contributed by atoms with Crippen molar-refractivity contribution >= 4 is 11.6 Å². The lowest BCUT2D eigenvalue weighted by molar-refractivity contribution is 0.0917. The zero-order chi connectivity index (χ0) is 11.0. The first-order valence-electron chi connectivity index (χ1n) is 6.00. The zero-order valence-corrected chi connectivity index (χ0v) is 9.25. The van der Waals surface area contributed by atoms with Gasteiger partial charge in [0, 0.05) is 23.8 Å². The van der Waals surface area contributed by atoms with E-state index in [9.17, 15) is 4.79 Å². The highest BCUT2D eigenvalue weighted by Crippen LogP contribution is 2.24. The molecule has 0 spiro atoms. The summed E-state index contributed by atoms with van der Waals surface area (Å²) in [6, 6.07) is 6.37. The number of hydrogen-bond donors (Lipinski definition) is 2. The lowest BCUT2D eigenvalue weighted by atomic mass is 9.93. The molecular formula is C13H16N2O. The molecule has 3 rings (SSSR count). The van der Waals surface area contributed by atoms with Gasteiger partial charge in [0.15, 0.2) is 0 Å². The van der Waals surface area contributed by atoms with Crippen molar-refractivity contribution in [3.05, 3.63) is 29.3 Å². The van der Waals surface area contributed by atoms with Crippen molar-refractivity contribution in [3.8, 4) is 0 Å². The molecule has 0 unspecified atom stereocenters. The van der Waals surface area contributed by atoms with E-state index in [-0.39, 0.29) is 5.91 Å². The fraction of sp³-hybridized carbons (Fsp3) is 0.462. The van der Waals surface area contributed by atoms with Gasteiger partial charge in [-0.1, -0.05) is 6.07 Å². The van der Waals surface area contributed by atoms with E-state index >= 15 is 0 Å². The molecule has 0 radical (unpaired) electrons. The van der Waals surface area contributed by atoms with Crippen LogP contribution < -0.4 is 10.6 Å². The molecule has 0 bridgehead atoms. The van der Waals surface area contributed by atoms with Gasteiger partial charge in [-0.3, -0.25) is 4.79 Å². The van der Waals surface area contributed by atoms with Crippen LogP contribution in [0, 0.1) is 0 Å². The minimum absolute atomic E-state index is 0.0706. The number of amides is 1. The van der Waals surface area contributed by atoms with Crippen LogP contribution in [0.4, 0.5) is 5.69 Å². The Morgan fingerprint density at radius 1 is 1.38 bits per heavy atom. The number of benzene rings is 1. The van der Waals surface area contributed by atoms with E-state index in [1.165, 1.54) is 12.0 Å². The van der Waals surface area contributed by atoms with Crippen molar-refractivity contribution in [2.75, 3.05) is 11.9 Å². The van der Waals surface area contributed by atoms with Crippen molar-refractivity contribution < 1.29 is 4.79 Å². The molecule has 2 aliphatic rings. The van der Waals surface area contributed by atoms with Gasteiger partial charge < -0.3 is 10.6 Å². The monoisotopic (exact) mass is 216 g/mol. The predicted molar refractivity (Wildman–Crippen MR) is 63.7 cm³/mol. The van der Waals surface area contributed by atoms with E-state index < -0.39 is 0 Å². The highest BCUT2D eigenvalue weighted by atomic mass is 16.1. The maximum Gasteiger partial charge on any atom is 0.251 e. The summed E-state index contributed by atoms with van der Waals surface area (Å²) in [6.07, 6.45) is 4.58. The Balaban J connectivity index is 1.75. The van der Waals surface area contributed by atoms with Gasteiger partial charge >= 0.3 is 0 Å². The molecule has 2 N–H and O–H groups in total. The standard InChI is InChI=1S/C13H16N2O/c16-13(15-11-2-1-3-11)10-5-4-9-6-7-14-12(9)8-10/h4-5,8,11,14H,1-3,6-7H2,(H,15,16). The van der Waals surface area contributed by atoms with Crippen molar-refractivity contribution in [1.82, 2.24) is 5.32 Å². The first-order valence-corrected chi connectivity index (χ1v) is 6.00. The average molecular weight is 216 g/mol. The minimum Gasteiger partial charge on any atom is -0.384 e. The number of fused-ring (bicyclic) bond motifs is 1. The van der Waals surface area contributed by atoms with E-state index in [0.29, 0.717) is 6.04 Å².